The third-order valence-corrected chi connectivity index (χ3v) is 6.34. The fraction of sp³-hybridized carbons (Fsp3) is 0.154. The number of nitro groups is 1. The number of hydrogen-bond donors (Lipinski definition) is 1. The van der Waals surface area contributed by atoms with E-state index >= 15 is 0 Å². The monoisotopic (exact) mass is 483 g/mol. The van der Waals surface area contributed by atoms with E-state index in [0.29, 0.717) is 22.5 Å². The number of aliphatic hydroxyl groups is 1. The Morgan fingerprint density at radius 3 is 2.50 bits per heavy atom. The number of ketones is 1. The lowest BCUT2D eigenvalue weighted by Crippen LogP contribution is -2.29. The van der Waals surface area contributed by atoms with Crippen LogP contribution in [-0.2, 0) is 16.1 Å². The van der Waals surface area contributed by atoms with Gasteiger partial charge in [-0.25, -0.2) is 4.98 Å². The fourth-order valence-electron chi connectivity index (χ4n) is 4.53. The molecule has 180 valence electrons. The van der Waals surface area contributed by atoms with Crippen molar-refractivity contribution in [2.75, 3.05) is 0 Å². The van der Waals surface area contributed by atoms with Gasteiger partial charge in [-0.3, -0.25) is 24.7 Å². The second kappa shape index (κ2) is 8.73. The van der Waals surface area contributed by atoms with Crippen LogP contribution in [0.4, 0.5) is 5.69 Å². The van der Waals surface area contributed by atoms with Crippen LogP contribution >= 0.6 is 0 Å². The number of carbonyl (C=O) groups is 2. The number of imidazole rings is 1. The van der Waals surface area contributed by atoms with E-state index in [1.54, 1.807) is 42.0 Å². The molecule has 1 unspecified atom stereocenters. The van der Waals surface area contributed by atoms with Crippen molar-refractivity contribution in [3.8, 4) is 0 Å². The number of Topliss-reactive ketones (excluding diaryl/α,β-unsaturated/α-hetero) is 1. The number of aliphatic hydroxyl groups excluding tert-OH is 1. The Hall–Kier alpha value is -4.86. The summed E-state index contributed by atoms with van der Waals surface area (Å²) in [6.07, 6.45) is 4.98. The maximum absolute atomic E-state index is 13.3. The van der Waals surface area contributed by atoms with Crippen molar-refractivity contribution >= 4 is 28.8 Å². The molecule has 3 aromatic heterocycles. The smallest absolute Gasteiger partial charge is 0.295 e. The van der Waals surface area contributed by atoms with Crippen molar-refractivity contribution in [2.24, 2.45) is 0 Å². The molecule has 10 nitrogen and oxygen atoms in total. The number of aryl methyl sites for hydroxylation is 2. The zero-order valence-corrected chi connectivity index (χ0v) is 19.5. The highest BCUT2D eigenvalue weighted by Crippen LogP contribution is 2.41. The molecule has 1 amide bonds. The summed E-state index contributed by atoms with van der Waals surface area (Å²) in [5.74, 6) is -2.04. The highest BCUT2D eigenvalue weighted by atomic mass is 16.6. The summed E-state index contributed by atoms with van der Waals surface area (Å²) >= 11 is 0. The van der Waals surface area contributed by atoms with Crippen molar-refractivity contribution in [3.05, 3.63) is 111 Å². The third-order valence-electron chi connectivity index (χ3n) is 6.34. The molecule has 1 aliphatic rings. The minimum absolute atomic E-state index is 0.0557. The first kappa shape index (κ1) is 22.9. The van der Waals surface area contributed by atoms with Crippen LogP contribution in [0.5, 0.6) is 0 Å². The predicted molar refractivity (Wildman–Crippen MR) is 130 cm³/mol. The van der Waals surface area contributed by atoms with Gasteiger partial charge in [0.15, 0.2) is 5.76 Å². The number of nitrogens with zero attached hydrogens (tertiary/aromatic N) is 5. The van der Waals surface area contributed by atoms with E-state index in [1.807, 2.05) is 19.1 Å². The van der Waals surface area contributed by atoms with E-state index in [2.05, 4.69) is 9.97 Å². The number of non-ortho nitro benzene ring substituents is 1. The van der Waals surface area contributed by atoms with E-state index < -0.39 is 28.4 Å². The van der Waals surface area contributed by atoms with Crippen molar-refractivity contribution in [1.82, 2.24) is 19.3 Å². The highest BCUT2D eigenvalue weighted by Gasteiger charge is 2.46. The summed E-state index contributed by atoms with van der Waals surface area (Å²) < 4.78 is 1.80. The molecule has 4 heterocycles. The molecule has 36 heavy (non-hydrogen) atoms. The number of hydrogen-bond acceptors (Lipinski definition) is 7. The molecule has 1 aromatic carbocycles. The second-order valence-corrected chi connectivity index (χ2v) is 8.57. The number of carbonyl (C=O) groups excluding carboxylic acids is 2. The average Bonchev–Trinajstić information content (AvgIpc) is 3.35. The van der Waals surface area contributed by atoms with Crippen LogP contribution in [0.2, 0.25) is 0 Å². The van der Waals surface area contributed by atoms with E-state index in [9.17, 15) is 24.8 Å². The molecule has 10 heteroatoms. The lowest BCUT2D eigenvalue weighted by atomic mass is 9.96. The summed E-state index contributed by atoms with van der Waals surface area (Å²) in [6.45, 7) is 3.70. The van der Waals surface area contributed by atoms with Gasteiger partial charge in [-0.15, -0.1) is 0 Å². The van der Waals surface area contributed by atoms with Gasteiger partial charge in [0.1, 0.15) is 11.3 Å². The Labute approximate surface area is 205 Å². The highest BCUT2D eigenvalue weighted by molar-refractivity contribution is 6.46. The van der Waals surface area contributed by atoms with Crippen LogP contribution in [0.3, 0.4) is 0 Å². The van der Waals surface area contributed by atoms with Crippen molar-refractivity contribution in [3.63, 3.8) is 0 Å². The SMILES string of the molecule is Cc1cccn2c(C)c(C(O)=C3C(=O)C(=O)N(Cc4cccnc4)C3c3ccc([N+](=O)[O-])cc3)nc12. The van der Waals surface area contributed by atoms with Gasteiger partial charge in [-0.05, 0) is 54.8 Å². The Balaban J connectivity index is 1.70. The lowest BCUT2D eigenvalue weighted by Gasteiger charge is -2.25. The normalized spacial score (nSPS) is 17.2. The van der Waals surface area contributed by atoms with E-state index in [-0.39, 0.29) is 23.5 Å². The van der Waals surface area contributed by atoms with Gasteiger partial charge >= 0.3 is 0 Å². The number of nitro benzene ring substituents is 1. The largest absolute Gasteiger partial charge is 0.505 e. The Morgan fingerprint density at radius 1 is 1.11 bits per heavy atom. The van der Waals surface area contributed by atoms with Crippen LogP contribution < -0.4 is 0 Å². The second-order valence-electron chi connectivity index (χ2n) is 8.57. The molecule has 0 spiro atoms. The molecule has 1 aliphatic heterocycles. The molecule has 0 aliphatic carbocycles. The van der Waals surface area contributed by atoms with Gasteiger partial charge in [0.25, 0.3) is 17.4 Å². The lowest BCUT2D eigenvalue weighted by molar-refractivity contribution is -0.384. The Kier molecular flexibility index (Phi) is 5.56. The van der Waals surface area contributed by atoms with Crippen molar-refractivity contribution in [2.45, 2.75) is 26.4 Å². The first-order valence-corrected chi connectivity index (χ1v) is 11.1. The Morgan fingerprint density at radius 2 is 1.86 bits per heavy atom. The minimum atomic E-state index is -0.976. The van der Waals surface area contributed by atoms with Crippen molar-refractivity contribution < 1.29 is 19.6 Å². The molecule has 1 N–H and O–H groups in total. The van der Waals surface area contributed by atoms with Gasteiger partial charge in [0, 0.05) is 37.3 Å². The first-order valence-electron chi connectivity index (χ1n) is 11.1. The quantitative estimate of drug-likeness (QED) is 0.150. The van der Waals surface area contributed by atoms with Gasteiger partial charge < -0.3 is 14.4 Å². The molecular formula is C26H21N5O5. The molecule has 4 aromatic rings. The Bertz CT molecular complexity index is 1560. The molecular weight excluding hydrogens is 462 g/mol. The molecule has 5 rings (SSSR count). The standard InChI is InChI=1S/C26H21N5O5/c1-15-5-4-12-29-16(2)21(28-25(15)29)23(32)20-22(18-7-9-19(10-8-18)31(35)36)30(26(34)24(20)33)14-17-6-3-11-27-13-17/h3-13,22,32H,14H2,1-2H3. The third kappa shape index (κ3) is 3.68. The van der Waals surface area contributed by atoms with Crippen LogP contribution in [-0.4, -0.2) is 41.0 Å². The summed E-state index contributed by atoms with van der Waals surface area (Å²) in [7, 11) is 0. The zero-order valence-electron chi connectivity index (χ0n) is 19.5. The van der Waals surface area contributed by atoms with E-state index in [1.165, 1.54) is 29.2 Å². The topological polar surface area (TPSA) is 131 Å². The average molecular weight is 483 g/mol. The molecule has 0 bridgehead atoms. The number of aromatic nitrogens is 3. The molecule has 1 saturated heterocycles. The van der Waals surface area contributed by atoms with Crippen LogP contribution in [0.15, 0.2) is 72.7 Å². The first-order chi connectivity index (χ1) is 17.3. The van der Waals surface area contributed by atoms with Gasteiger partial charge in [0.2, 0.25) is 0 Å². The van der Waals surface area contributed by atoms with Crippen molar-refractivity contribution in [1.29, 1.82) is 0 Å². The number of likely N-dealkylation sites (tertiary alicyclic amines) is 1. The summed E-state index contributed by atoms with van der Waals surface area (Å²) in [6, 6.07) is 11.8. The van der Waals surface area contributed by atoms with Crippen LogP contribution in [0, 0.1) is 24.0 Å². The number of pyridine rings is 2. The van der Waals surface area contributed by atoms with Gasteiger partial charge in [-0.1, -0.05) is 12.1 Å². The molecule has 1 fully saturated rings. The summed E-state index contributed by atoms with van der Waals surface area (Å²) in [5.41, 5.74) is 3.17. The summed E-state index contributed by atoms with van der Waals surface area (Å²) in [4.78, 5) is 47.1. The maximum Gasteiger partial charge on any atom is 0.295 e. The number of rotatable bonds is 5. The fourth-order valence-corrected chi connectivity index (χ4v) is 4.53. The summed E-state index contributed by atoms with van der Waals surface area (Å²) in [5, 5.41) is 22.6. The number of fused-ring (bicyclic) bond motifs is 1. The van der Waals surface area contributed by atoms with Crippen LogP contribution in [0.25, 0.3) is 11.4 Å². The maximum atomic E-state index is 13.3. The van der Waals surface area contributed by atoms with E-state index in [4.69, 9.17) is 0 Å². The molecule has 1 atom stereocenters. The molecule has 0 saturated carbocycles. The van der Waals surface area contributed by atoms with Crippen LogP contribution in [0.1, 0.15) is 34.1 Å². The number of amides is 1. The zero-order chi connectivity index (χ0) is 25.6. The minimum Gasteiger partial charge on any atom is -0.505 e. The van der Waals surface area contributed by atoms with Gasteiger partial charge in [-0.2, -0.15) is 0 Å². The van der Waals surface area contributed by atoms with E-state index in [0.717, 1.165) is 5.56 Å². The van der Waals surface area contributed by atoms with Gasteiger partial charge in [0.05, 0.1) is 22.2 Å². The predicted octanol–water partition coefficient (Wildman–Crippen LogP) is 3.88. The molecule has 0 radical (unpaired) electrons. The number of benzene rings is 1.